The van der Waals surface area contributed by atoms with Gasteiger partial charge in [-0.25, -0.2) is 4.39 Å². The standard InChI is InChI=1S/C11H8FNO/c12-10-6-4-9(5-7-10)11-3-1-2-8-13(11)14/h1-8H. The van der Waals surface area contributed by atoms with Crippen molar-refractivity contribution in [3.63, 3.8) is 0 Å². The van der Waals surface area contributed by atoms with Crippen LogP contribution >= 0.6 is 0 Å². The van der Waals surface area contributed by atoms with E-state index < -0.39 is 0 Å². The topological polar surface area (TPSA) is 26.9 Å². The van der Waals surface area contributed by atoms with Crippen molar-refractivity contribution in [2.45, 2.75) is 0 Å². The normalized spacial score (nSPS) is 10.1. The first-order valence-electron chi connectivity index (χ1n) is 4.21. The van der Waals surface area contributed by atoms with Gasteiger partial charge in [0.1, 0.15) is 5.82 Å². The molecule has 2 rings (SSSR count). The molecule has 0 N–H and O–H groups in total. The molecule has 2 nitrogen and oxygen atoms in total. The van der Waals surface area contributed by atoms with Gasteiger partial charge in [-0.1, -0.05) is 0 Å². The van der Waals surface area contributed by atoms with Crippen LogP contribution < -0.4 is 4.73 Å². The molecule has 0 bridgehead atoms. The maximum Gasteiger partial charge on any atom is 0.223 e. The molecule has 0 radical (unpaired) electrons. The maximum atomic E-state index is 12.6. The minimum atomic E-state index is -0.304. The first-order valence-corrected chi connectivity index (χ1v) is 4.21. The third-order valence-corrected chi connectivity index (χ3v) is 1.96. The molecule has 0 aliphatic heterocycles. The van der Waals surface area contributed by atoms with Crippen molar-refractivity contribution in [1.29, 1.82) is 0 Å². The highest BCUT2D eigenvalue weighted by molar-refractivity contribution is 5.55. The fourth-order valence-electron chi connectivity index (χ4n) is 1.27. The molecular formula is C11H8FNO. The maximum absolute atomic E-state index is 12.6. The quantitative estimate of drug-likeness (QED) is 0.498. The number of rotatable bonds is 1. The highest BCUT2D eigenvalue weighted by Crippen LogP contribution is 2.14. The van der Waals surface area contributed by atoms with Crippen molar-refractivity contribution >= 4 is 0 Å². The number of hydrogen-bond donors (Lipinski definition) is 0. The second-order valence-corrected chi connectivity index (χ2v) is 2.92. The molecule has 2 aromatic rings. The molecule has 1 aromatic carbocycles. The summed E-state index contributed by atoms with van der Waals surface area (Å²) in [5.41, 5.74) is 1.23. The van der Waals surface area contributed by atoms with E-state index in [9.17, 15) is 9.60 Å². The Balaban J connectivity index is 2.50. The zero-order valence-electron chi connectivity index (χ0n) is 7.35. The fraction of sp³-hybridized carbons (Fsp3) is 0. The first kappa shape index (κ1) is 8.69. The smallest absolute Gasteiger partial charge is 0.223 e. The summed E-state index contributed by atoms with van der Waals surface area (Å²) in [4.78, 5) is 0. The van der Waals surface area contributed by atoms with Crippen LogP contribution in [-0.4, -0.2) is 0 Å². The first-order chi connectivity index (χ1) is 6.77. The van der Waals surface area contributed by atoms with Crippen LogP contribution in [-0.2, 0) is 0 Å². The summed E-state index contributed by atoms with van der Waals surface area (Å²) in [5.74, 6) is -0.304. The van der Waals surface area contributed by atoms with E-state index in [0.717, 1.165) is 4.73 Å². The highest BCUT2D eigenvalue weighted by Gasteiger charge is 2.06. The van der Waals surface area contributed by atoms with Crippen LogP contribution in [0.5, 0.6) is 0 Å². The second kappa shape index (κ2) is 3.46. The van der Waals surface area contributed by atoms with Crippen LogP contribution in [0.15, 0.2) is 48.7 Å². The Labute approximate surface area is 80.8 Å². The molecule has 0 atom stereocenters. The molecule has 0 saturated heterocycles. The Hall–Kier alpha value is -1.90. The monoisotopic (exact) mass is 189 g/mol. The van der Waals surface area contributed by atoms with Gasteiger partial charge in [-0.2, -0.15) is 4.73 Å². The highest BCUT2D eigenvalue weighted by atomic mass is 19.1. The van der Waals surface area contributed by atoms with Crippen LogP contribution in [0.1, 0.15) is 0 Å². The zero-order chi connectivity index (χ0) is 9.97. The summed E-state index contributed by atoms with van der Waals surface area (Å²) < 4.78 is 13.4. The molecule has 70 valence electrons. The van der Waals surface area contributed by atoms with Crippen molar-refractivity contribution in [1.82, 2.24) is 0 Å². The van der Waals surface area contributed by atoms with E-state index >= 15 is 0 Å². The molecule has 0 aliphatic rings. The molecule has 1 aromatic heterocycles. The molecule has 14 heavy (non-hydrogen) atoms. The van der Waals surface area contributed by atoms with E-state index in [1.54, 1.807) is 30.3 Å². The third-order valence-electron chi connectivity index (χ3n) is 1.96. The van der Waals surface area contributed by atoms with E-state index in [4.69, 9.17) is 0 Å². The molecule has 1 heterocycles. The Morgan fingerprint density at radius 1 is 1.00 bits per heavy atom. The van der Waals surface area contributed by atoms with Gasteiger partial charge in [0.2, 0.25) is 5.69 Å². The summed E-state index contributed by atoms with van der Waals surface area (Å²) in [5, 5.41) is 11.3. The number of benzene rings is 1. The van der Waals surface area contributed by atoms with Gasteiger partial charge in [0.25, 0.3) is 0 Å². The Morgan fingerprint density at radius 2 is 1.71 bits per heavy atom. The number of nitrogens with zero attached hydrogens (tertiary/aromatic N) is 1. The van der Waals surface area contributed by atoms with Crippen molar-refractivity contribution in [2.75, 3.05) is 0 Å². The van der Waals surface area contributed by atoms with Gasteiger partial charge in [-0.3, -0.25) is 0 Å². The molecule has 0 spiro atoms. The lowest BCUT2D eigenvalue weighted by atomic mass is 10.1. The SMILES string of the molecule is [O-][n+]1ccccc1-c1ccc(F)cc1. The van der Waals surface area contributed by atoms with E-state index in [2.05, 4.69) is 0 Å². The summed E-state index contributed by atoms with van der Waals surface area (Å²) in [7, 11) is 0. The fourth-order valence-corrected chi connectivity index (χ4v) is 1.27. The number of aromatic nitrogens is 1. The van der Waals surface area contributed by atoms with Crippen LogP contribution in [0.4, 0.5) is 4.39 Å². The molecule has 0 saturated carbocycles. The minimum absolute atomic E-state index is 0.304. The molecule has 0 unspecified atom stereocenters. The van der Waals surface area contributed by atoms with Crippen LogP contribution in [0.3, 0.4) is 0 Å². The van der Waals surface area contributed by atoms with E-state index in [-0.39, 0.29) is 5.82 Å². The number of hydrogen-bond acceptors (Lipinski definition) is 1. The lowest BCUT2D eigenvalue weighted by Gasteiger charge is -2.02. The van der Waals surface area contributed by atoms with Crippen molar-refractivity contribution in [2.24, 2.45) is 0 Å². The van der Waals surface area contributed by atoms with Gasteiger partial charge in [0, 0.05) is 17.7 Å². The lowest BCUT2D eigenvalue weighted by Crippen LogP contribution is -2.27. The van der Waals surface area contributed by atoms with Crippen LogP contribution in [0.25, 0.3) is 11.3 Å². The van der Waals surface area contributed by atoms with Gasteiger partial charge in [-0.15, -0.1) is 0 Å². The second-order valence-electron chi connectivity index (χ2n) is 2.92. The van der Waals surface area contributed by atoms with Crippen molar-refractivity contribution in [3.05, 3.63) is 59.7 Å². The average molecular weight is 189 g/mol. The molecule has 3 heteroatoms. The summed E-state index contributed by atoms with van der Waals surface area (Å²) in [6.07, 6.45) is 1.42. The van der Waals surface area contributed by atoms with Crippen LogP contribution in [0.2, 0.25) is 0 Å². The molecule has 0 amide bonds. The van der Waals surface area contributed by atoms with E-state index in [0.29, 0.717) is 11.3 Å². The van der Waals surface area contributed by atoms with Gasteiger partial charge < -0.3 is 5.21 Å². The van der Waals surface area contributed by atoms with Gasteiger partial charge >= 0.3 is 0 Å². The Morgan fingerprint density at radius 3 is 2.36 bits per heavy atom. The summed E-state index contributed by atoms with van der Waals surface area (Å²) >= 11 is 0. The third kappa shape index (κ3) is 1.57. The minimum Gasteiger partial charge on any atom is -0.618 e. The Kier molecular flexibility index (Phi) is 2.14. The van der Waals surface area contributed by atoms with Gasteiger partial charge in [0.05, 0.1) is 0 Å². The Bertz CT molecular complexity index is 439. The van der Waals surface area contributed by atoms with Gasteiger partial charge in [-0.05, 0) is 30.3 Å². The van der Waals surface area contributed by atoms with Crippen molar-refractivity contribution in [3.8, 4) is 11.3 Å². The van der Waals surface area contributed by atoms with Crippen LogP contribution in [0, 0.1) is 11.0 Å². The molecule has 0 fully saturated rings. The summed E-state index contributed by atoms with van der Waals surface area (Å²) in [6, 6.07) is 11.0. The lowest BCUT2D eigenvalue weighted by molar-refractivity contribution is -0.593. The van der Waals surface area contributed by atoms with Crippen molar-refractivity contribution < 1.29 is 9.12 Å². The average Bonchev–Trinajstić information content (AvgIpc) is 2.20. The largest absolute Gasteiger partial charge is 0.618 e. The summed E-state index contributed by atoms with van der Waals surface area (Å²) in [6.45, 7) is 0. The molecular weight excluding hydrogens is 181 g/mol. The predicted molar refractivity (Wildman–Crippen MR) is 50.8 cm³/mol. The zero-order valence-corrected chi connectivity index (χ0v) is 7.35. The number of pyridine rings is 1. The number of halogens is 1. The predicted octanol–water partition coefficient (Wildman–Crippen LogP) is 2.13. The molecule has 0 aliphatic carbocycles. The van der Waals surface area contributed by atoms with E-state index in [1.165, 1.54) is 18.3 Å². The van der Waals surface area contributed by atoms with E-state index in [1.807, 2.05) is 0 Å². The van der Waals surface area contributed by atoms with Gasteiger partial charge in [0.15, 0.2) is 6.20 Å².